The van der Waals surface area contributed by atoms with E-state index >= 15 is 0 Å². The molecule has 12 nitrogen and oxygen atoms in total. The van der Waals surface area contributed by atoms with Crippen LogP contribution < -0.4 is 5.32 Å². The Labute approximate surface area is 331 Å². The third-order valence-corrected chi connectivity index (χ3v) is 12.3. The maximum absolute atomic E-state index is 13.5. The van der Waals surface area contributed by atoms with Gasteiger partial charge in [-0.2, -0.15) is 0 Å². The first kappa shape index (κ1) is 35.9. The van der Waals surface area contributed by atoms with Crippen LogP contribution in [0.2, 0.25) is 5.02 Å². The number of carbonyl (C=O) groups excluding carboxylic acids is 4. The van der Waals surface area contributed by atoms with Gasteiger partial charge in [-0.15, -0.1) is 21.5 Å². The van der Waals surface area contributed by atoms with Crippen LogP contribution >= 0.6 is 22.9 Å². The minimum Gasteiger partial charge on any atom is -0.298 e. The van der Waals surface area contributed by atoms with Crippen molar-refractivity contribution in [3.8, 4) is 16.8 Å². The molecule has 4 aliphatic rings. The molecule has 9 rings (SSSR count). The summed E-state index contributed by atoms with van der Waals surface area (Å²) in [6.07, 6.45) is 3.64. The number of aromatic nitrogens is 4. The van der Waals surface area contributed by atoms with E-state index in [0.717, 1.165) is 86.0 Å². The molecule has 1 unspecified atom stereocenters. The van der Waals surface area contributed by atoms with Gasteiger partial charge in [0, 0.05) is 48.4 Å². The van der Waals surface area contributed by atoms with Gasteiger partial charge >= 0.3 is 0 Å². The average molecular weight is 783 g/mol. The number of fused-ring (bicyclic) bond motifs is 4. The number of benzene rings is 2. The molecule has 2 saturated heterocycles. The fourth-order valence-electron chi connectivity index (χ4n) is 8.01. The summed E-state index contributed by atoms with van der Waals surface area (Å²) < 4.78 is 2.08. The van der Waals surface area contributed by atoms with Crippen LogP contribution in [0, 0.1) is 31.6 Å². The molecule has 5 aromatic rings. The molecule has 4 amide bonds. The monoisotopic (exact) mass is 782 g/mol. The number of nitrogens with one attached hydrogen (secondary N) is 1. The number of aliphatic imine (C=N–C) groups is 1. The molecule has 0 radical (unpaired) electrons. The second kappa shape index (κ2) is 14.4. The number of amides is 4. The highest BCUT2D eigenvalue weighted by molar-refractivity contribution is 7.15. The minimum absolute atomic E-state index is 0.0940. The predicted molar refractivity (Wildman–Crippen MR) is 210 cm³/mol. The van der Waals surface area contributed by atoms with E-state index in [2.05, 4.69) is 54.8 Å². The second-order valence-electron chi connectivity index (χ2n) is 14.6. The van der Waals surface area contributed by atoms with Crippen LogP contribution in [0.5, 0.6) is 0 Å². The van der Waals surface area contributed by atoms with Crippen LogP contribution in [0.25, 0.3) is 5.00 Å². The van der Waals surface area contributed by atoms with Crippen molar-refractivity contribution in [2.24, 2.45) is 10.9 Å². The lowest BCUT2D eigenvalue weighted by atomic mass is 9.90. The quantitative estimate of drug-likeness (QED) is 0.175. The van der Waals surface area contributed by atoms with Gasteiger partial charge in [-0.3, -0.25) is 43.9 Å². The van der Waals surface area contributed by atoms with Crippen molar-refractivity contribution in [1.82, 2.24) is 34.9 Å². The van der Waals surface area contributed by atoms with Gasteiger partial charge in [0.05, 0.1) is 21.7 Å². The number of carbonyl (C=O) groups is 4. The molecule has 1 atom stereocenters. The third-order valence-electron chi connectivity index (χ3n) is 10.9. The lowest BCUT2D eigenvalue weighted by molar-refractivity contribution is -0.136. The smallest absolute Gasteiger partial charge is 0.262 e. The molecule has 14 heteroatoms. The fraction of sp³-hybridized carbons (Fsp3) is 0.286. The van der Waals surface area contributed by atoms with Gasteiger partial charge in [0.2, 0.25) is 11.8 Å². The van der Waals surface area contributed by atoms with Crippen LogP contribution in [-0.2, 0) is 29.1 Å². The number of nitrogens with zero attached hydrogens (tertiary/aromatic N) is 7. The van der Waals surface area contributed by atoms with Crippen molar-refractivity contribution in [1.29, 1.82) is 0 Å². The van der Waals surface area contributed by atoms with Crippen LogP contribution in [0.1, 0.15) is 90.0 Å². The molecule has 56 heavy (non-hydrogen) atoms. The second-order valence-corrected chi connectivity index (χ2v) is 16.0. The number of halogens is 1. The van der Waals surface area contributed by atoms with Gasteiger partial charge < -0.3 is 0 Å². The minimum atomic E-state index is -0.969. The zero-order valence-electron chi connectivity index (χ0n) is 30.6. The zero-order chi connectivity index (χ0) is 38.7. The van der Waals surface area contributed by atoms with E-state index in [0.29, 0.717) is 40.7 Å². The van der Waals surface area contributed by atoms with E-state index in [1.54, 1.807) is 23.5 Å². The summed E-state index contributed by atoms with van der Waals surface area (Å²) in [6.45, 7) is 7.06. The number of likely N-dealkylation sites (tertiary alicyclic amines) is 1. The van der Waals surface area contributed by atoms with E-state index < -0.39 is 23.8 Å². The van der Waals surface area contributed by atoms with Gasteiger partial charge in [-0.1, -0.05) is 41.9 Å². The maximum atomic E-state index is 13.5. The molecule has 0 aliphatic carbocycles. The summed E-state index contributed by atoms with van der Waals surface area (Å²) in [5, 5.41) is 12.6. The topological polar surface area (TPSA) is 143 Å². The van der Waals surface area contributed by atoms with Crippen molar-refractivity contribution >= 4 is 52.3 Å². The summed E-state index contributed by atoms with van der Waals surface area (Å²) >= 11 is 7.81. The Morgan fingerprint density at radius 3 is 2.54 bits per heavy atom. The van der Waals surface area contributed by atoms with Gasteiger partial charge in [-0.25, -0.2) is 4.98 Å². The van der Waals surface area contributed by atoms with Crippen LogP contribution in [0.4, 0.5) is 0 Å². The molecule has 4 aliphatic heterocycles. The molecule has 2 aromatic carbocycles. The molecule has 0 spiro atoms. The highest BCUT2D eigenvalue weighted by atomic mass is 35.5. The first-order chi connectivity index (χ1) is 27.1. The Balaban J connectivity index is 0.832. The molecule has 7 heterocycles. The standard InChI is InChI=1S/C42H35ClN8O4S/c1-23-33(56-42-36(23)38(28-9-11-29(43)12-10-28)45-19-34-48-47-24(2)50(34)42)16-14-30-13-7-25(18-44-30)20-49-21-26(22-49)6-8-27-4-3-5-31-37(27)41(55)51(40(31)54)32-15-17-35(52)46-39(32)53/h3-5,7,9-13,18,26,32H,6,8,15,17,19-22H2,1-2H3,(H,46,52,53). The Bertz CT molecular complexity index is 2560. The SMILES string of the molecule is Cc1c(C#Cc2ccc(CN3CC(CCc4cccc5c4C(=O)N(C4CCC(=O)NC4=O)C5=O)C3)cn2)sc2c1C(c1ccc(Cl)cc1)=NCc1nnc(C)n1-2. The molecular formula is C42H35ClN8O4S. The number of piperidine rings is 1. The number of rotatable bonds is 7. The lowest BCUT2D eigenvalue weighted by Gasteiger charge is -2.39. The Morgan fingerprint density at radius 2 is 1.77 bits per heavy atom. The summed E-state index contributed by atoms with van der Waals surface area (Å²) in [5.41, 5.74) is 7.24. The molecule has 0 saturated carbocycles. The third kappa shape index (κ3) is 6.43. The van der Waals surface area contributed by atoms with Gasteiger partial charge in [0.15, 0.2) is 5.82 Å². The number of pyridine rings is 1. The molecule has 280 valence electrons. The van der Waals surface area contributed by atoms with E-state index in [-0.39, 0.29) is 18.7 Å². The van der Waals surface area contributed by atoms with Gasteiger partial charge in [-0.05, 0) is 91.8 Å². The molecular weight excluding hydrogens is 748 g/mol. The highest BCUT2D eigenvalue weighted by Gasteiger charge is 2.45. The number of thiophene rings is 1. The number of hydrogen-bond donors (Lipinski definition) is 1. The average Bonchev–Trinajstić information content (AvgIpc) is 3.74. The van der Waals surface area contributed by atoms with Crippen molar-refractivity contribution < 1.29 is 19.2 Å². The van der Waals surface area contributed by atoms with E-state index in [4.69, 9.17) is 16.6 Å². The number of imide groups is 2. The van der Waals surface area contributed by atoms with E-state index in [1.165, 1.54) is 0 Å². The van der Waals surface area contributed by atoms with Crippen LogP contribution in [-0.4, -0.2) is 78.0 Å². The first-order valence-electron chi connectivity index (χ1n) is 18.5. The summed E-state index contributed by atoms with van der Waals surface area (Å²) in [5.74, 6) is 6.78. The summed E-state index contributed by atoms with van der Waals surface area (Å²) in [4.78, 5) is 64.8. The normalized spacial score (nSPS) is 18.0. The summed E-state index contributed by atoms with van der Waals surface area (Å²) in [6, 6.07) is 16.1. The first-order valence-corrected chi connectivity index (χ1v) is 19.7. The number of aryl methyl sites for hydroxylation is 2. The van der Waals surface area contributed by atoms with Gasteiger partial charge in [0.25, 0.3) is 11.8 Å². The van der Waals surface area contributed by atoms with Crippen molar-refractivity contribution in [3.63, 3.8) is 0 Å². The fourth-order valence-corrected chi connectivity index (χ4v) is 9.37. The largest absolute Gasteiger partial charge is 0.298 e. The lowest BCUT2D eigenvalue weighted by Crippen LogP contribution is -2.54. The predicted octanol–water partition coefficient (Wildman–Crippen LogP) is 5.21. The van der Waals surface area contributed by atoms with Crippen molar-refractivity contribution in [3.05, 3.63) is 127 Å². The van der Waals surface area contributed by atoms with E-state index in [1.807, 2.05) is 49.5 Å². The molecule has 2 fully saturated rings. The molecule has 3 aromatic heterocycles. The Hall–Kier alpha value is -5.81. The van der Waals surface area contributed by atoms with Crippen LogP contribution in [0.3, 0.4) is 0 Å². The van der Waals surface area contributed by atoms with Crippen molar-refractivity contribution in [2.45, 2.75) is 58.7 Å². The van der Waals surface area contributed by atoms with Gasteiger partial charge in [0.1, 0.15) is 29.1 Å². The highest BCUT2D eigenvalue weighted by Crippen LogP contribution is 2.37. The molecule has 0 bridgehead atoms. The van der Waals surface area contributed by atoms with Crippen LogP contribution in [0.15, 0.2) is 65.8 Å². The molecule has 1 N–H and O–H groups in total. The Morgan fingerprint density at radius 1 is 0.946 bits per heavy atom. The summed E-state index contributed by atoms with van der Waals surface area (Å²) in [7, 11) is 0. The van der Waals surface area contributed by atoms with Crippen molar-refractivity contribution in [2.75, 3.05) is 13.1 Å². The zero-order valence-corrected chi connectivity index (χ0v) is 32.2. The Kier molecular flexibility index (Phi) is 9.20. The number of hydrogen-bond acceptors (Lipinski definition) is 10. The van der Waals surface area contributed by atoms with E-state index in [9.17, 15) is 19.2 Å². The maximum Gasteiger partial charge on any atom is 0.262 e.